The van der Waals surface area contributed by atoms with Crippen molar-refractivity contribution in [3.05, 3.63) is 65.0 Å². The molecule has 0 spiro atoms. The molecule has 1 aliphatic heterocycles. The Morgan fingerprint density at radius 1 is 1.23 bits per heavy atom. The molecule has 5 nitrogen and oxygen atoms in total. The van der Waals surface area contributed by atoms with Crippen molar-refractivity contribution in [2.45, 2.75) is 45.1 Å². The molecule has 30 heavy (non-hydrogen) atoms. The number of amides is 1. The number of thiophene rings is 1. The highest BCUT2D eigenvalue weighted by Crippen LogP contribution is 2.26. The molecule has 0 radical (unpaired) electrons. The molecule has 160 valence electrons. The van der Waals surface area contributed by atoms with Crippen LogP contribution in [0.15, 0.2) is 60.1 Å². The lowest BCUT2D eigenvalue weighted by molar-refractivity contribution is 0.195. The van der Waals surface area contributed by atoms with Crippen molar-refractivity contribution >= 4 is 28.8 Å². The van der Waals surface area contributed by atoms with Crippen LogP contribution in [0.4, 0.5) is 10.6 Å². The van der Waals surface area contributed by atoms with E-state index >= 15 is 0 Å². The number of nitrogens with zero attached hydrogens (tertiary/aromatic N) is 3. The zero-order chi connectivity index (χ0) is 21.2. The maximum atomic E-state index is 11.6. The number of carboxylic acid groups (broad SMARTS) is 1. The van der Waals surface area contributed by atoms with Gasteiger partial charge in [-0.3, -0.25) is 9.80 Å². The Kier molecular flexibility index (Phi) is 8.66. The van der Waals surface area contributed by atoms with E-state index in [1.165, 1.54) is 41.0 Å². The molecule has 0 fully saturated rings. The van der Waals surface area contributed by atoms with Crippen LogP contribution in [0.1, 0.15) is 43.9 Å². The minimum Gasteiger partial charge on any atom is -0.465 e. The molecule has 3 heterocycles. The number of allylic oxidation sites excluding steroid dienone is 2. The van der Waals surface area contributed by atoms with Crippen molar-refractivity contribution in [2.75, 3.05) is 24.5 Å². The molecule has 1 N–H and O–H groups in total. The fourth-order valence-electron chi connectivity index (χ4n) is 3.79. The van der Waals surface area contributed by atoms with E-state index in [1.54, 1.807) is 29.7 Å². The van der Waals surface area contributed by atoms with E-state index in [-0.39, 0.29) is 6.04 Å². The third kappa shape index (κ3) is 6.54. The minimum atomic E-state index is -0.965. The summed E-state index contributed by atoms with van der Waals surface area (Å²) >= 11 is 1.77. The van der Waals surface area contributed by atoms with Crippen LogP contribution in [0.25, 0.3) is 5.57 Å². The Hall–Kier alpha value is -2.44. The van der Waals surface area contributed by atoms with Crippen molar-refractivity contribution in [1.29, 1.82) is 0 Å². The molecule has 4 rings (SSSR count). The molecular formula is C24H31N3O2S. The molecule has 0 bridgehead atoms. The molecule has 1 amide bonds. The van der Waals surface area contributed by atoms with Gasteiger partial charge in [-0.05, 0) is 68.2 Å². The number of carbonyl (C=O) groups is 1. The van der Waals surface area contributed by atoms with Gasteiger partial charge in [0, 0.05) is 30.7 Å². The van der Waals surface area contributed by atoms with Gasteiger partial charge >= 0.3 is 6.09 Å². The molecule has 0 saturated heterocycles. The number of pyridine rings is 1. The Morgan fingerprint density at radius 2 is 2.03 bits per heavy atom. The summed E-state index contributed by atoms with van der Waals surface area (Å²) in [5, 5.41) is 11.6. The predicted molar refractivity (Wildman–Crippen MR) is 125 cm³/mol. The Bertz CT molecular complexity index is 825. The monoisotopic (exact) mass is 425 g/mol. The lowest BCUT2D eigenvalue weighted by Crippen LogP contribution is -2.46. The molecule has 2 aromatic heterocycles. The van der Waals surface area contributed by atoms with E-state index in [0.717, 1.165) is 19.5 Å². The first-order valence-electron chi connectivity index (χ1n) is 10.7. The molecule has 0 unspecified atom stereocenters. The van der Waals surface area contributed by atoms with E-state index < -0.39 is 6.09 Å². The molecule has 0 saturated carbocycles. The fraction of sp³-hybridized carbons (Fsp3) is 0.417. The van der Waals surface area contributed by atoms with Crippen LogP contribution in [0.5, 0.6) is 0 Å². The first-order valence-corrected chi connectivity index (χ1v) is 11.6. The van der Waals surface area contributed by atoms with Crippen LogP contribution in [-0.2, 0) is 0 Å². The topological polar surface area (TPSA) is 56.7 Å². The smallest absolute Gasteiger partial charge is 0.413 e. The number of hydrogen-bond donors (Lipinski definition) is 1. The molecule has 6 heteroatoms. The van der Waals surface area contributed by atoms with Gasteiger partial charge in [0.25, 0.3) is 0 Å². The van der Waals surface area contributed by atoms with Crippen LogP contribution in [0.2, 0.25) is 0 Å². The summed E-state index contributed by atoms with van der Waals surface area (Å²) in [6.07, 6.45) is 13.9. The van der Waals surface area contributed by atoms with Crippen LogP contribution >= 0.6 is 11.3 Å². The summed E-state index contributed by atoms with van der Waals surface area (Å²) < 4.78 is 0. The summed E-state index contributed by atoms with van der Waals surface area (Å²) in [7, 11) is 0. The number of rotatable bonds is 5. The second-order valence-electron chi connectivity index (χ2n) is 7.66. The molecule has 2 aliphatic rings. The van der Waals surface area contributed by atoms with Gasteiger partial charge in [-0.2, -0.15) is 0 Å². The molecular weight excluding hydrogens is 394 g/mol. The van der Waals surface area contributed by atoms with Crippen LogP contribution in [0.3, 0.4) is 0 Å². The largest absolute Gasteiger partial charge is 0.465 e. The molecule has 1 aliphatic carbocycles. The lowest BCUT2D eigenvalue weighted by atomic mass is 10.1. The van der Waals surface area contributed by atoms with Crippen molar-refractivity contribution in [2.24, 2.45) is 0 Å². The zero-order valence-corrected chi connectivity index (χ0v) is 18.4. The van der Waals surface area contributed by atoms with Crippen LogP contribution < -0.4 is 4.90 Å². The molecule has 2 aromatic rings. The Balaban J connectivity index is 0.000000367. The van der Waals surface area contributed by atoms with Gasteiger partial charge in [-0.15, -0.1) is 11.3 Å². The summed E-state index contributed by atoms with van der Waals surface area (Å²) in [5.74, 6) is 0.476. The number of aromatic nitrogens is 1. The summed E-state index contributed by atoms with van der Waals surface area (Å²) in [6, 6.07) is 9.40. The van der Waals surface area contributed by atoms with Gasteiger partial charge in [0.2, 0.25) is 0 Å². The predicted octanol–water partition coefficient (Wildman–Crippen LogP) is 5.92. The van der Waals surface area contributed by atoms with Crippen molar-refractivity contribution in [3.63, 3.8) is 0 Å². The minimum absolute atomic E-state index is 0.158. The summed E-state index contributed by atoms with van der Waals surface area (Å²) in [5.41, 5.74) is 1.40. The van der Waals surface area contributed by atoms with Crippen molar-refractivity contribution in [1.82, 2.24) is 9.88 Å². The summed E-state index contributed by atoms with van der Waals surface area (Å²) in [6.45, 7) is 4.43. The van der Waals surface area contributed by atoms with E-state index in [2.05, 4.69) is 45.6 Å². The molecule has 0 aromatic carbocycles. The number of anilines is 1. The van der Waals surface area contributed by atoms with E-state index in [0.29, 0.717) is 12.4 Å². The quantitative estimate of drug-likeness (QED) is 0.604. The van der Waals surface area contributed by atoms with Gasteiger partial charge in [0.1, 0.15) is 5.82 Å². The normalized spacial score (nSPS) is 17.4. The van der Waals surface area contributed by atoms with Gasteiger partial charge in [-0.1, -0.05) is 30.4 Å². The second-order valence-corrected chi connectivity index (χ2v) is 8.61. The SMILES string of the molecule is C1=CCCCC1.C[C@H](CN1CC=C(c2cccs2)CC1)N(C(=O)O)c1ccccn1. The fourth-order valence-corrected chi connectivity index (χ4v) is 4.58. The van der Waals surface area contributed by atoms with E-state index in [4.69, 9.17) is 0 Å². The van der Waals surface area contributed by atoms with Gasteiger partial charge in [-0.25, -0.2) is 9.78 Å². The number of hydrogen-bond acceptors (Lipinski definition) is 4. The van der Waals surface area contributed by atoms with Crippen molar-refractivity contribution < 1.29 is 9.90 Å². The van der Waals surface area contributed by atoms with Gasteiger partial charge in [0.05, 0.1) is 6.04 Å². The van der Waals surface area contributed by atoms with Gasteiger partial charge < -0.3 is 5.11 Å². The standard InChI is InChI=1S/C18H21N3O2S.C6H10/c1-14(21(18(22)23)17-6-2-3-9-19-17)13-20-10-7-15(8-11-20)16-5-4-12-24-16;1-2-4-6-5-3-1/h2-7,9,12,14H,8,10-11,13H2,1H3,(H,22,23);1-2H,3-6H2/t14-;/m1./s1. The third-order valence-electron chi connectivity index (χ3n) is 5.35. The highest BCUT2D eigenvalue weighted by molar-refractivity contribution is 7.11. The highest BCUT2D eigenvalue weighted by Gasteiger charge is 2.25. The Morgan fingerprint density at radius 3 is 2.53 bits per heavy atom. The highest BCUT2D eigenvalue weighted by atomic mass is 32.1. The maximum Gasteiger partial charge on any atom is 0.413 e. The zero-order valence-electron chi connectivity index (χ0n) is 17.6. The first-order chi connectivity index (χ1) is 14.6. The lowest BCUT2D eigenvalue weighted by Gasteiger charge is -2.32. The van der Waals surface area contributed by atoms with Crippen LogP contribution in [-0.4, -0.2) is 46.8 Å². The maximum absolute atomic E-state index is 11.6. The molecule has 1 atom stereocenters. The average molecular weight is 426 g/mol. The average Bonchev–Trinajstić information content (AvgIpc) is 3.31. The van der Waals surface area contributed by atoms with E-state index in [9.17, 15) is 9.90 Å². The summed E-state index contributed by atoms with van der Waals surface area (Å²) in [4.78, 5) is 20.8. The third-order valence-corrected chi connectivity index (χ3v) is 6.30. The first kappa shape index (κ1) is 22.2. The second kappa shape index (κ2) is 11.7. The van der Waals surface area contributed by atoms with Crippen LogP contribution in [0, 0.1) is 0 Å². The van der Waals surface area contributed by atoms with E-state index in [1.807, 2.05) is 13.0 Å². The van der Waals surface area contributed by atoms with Crippen molar-refractivity contribution in [3.8, 4) is 0 Å². The Labute approximate surface area is 183 Å². The van der Waals surface area contributed by atoms with Gasteiger partial charge in [0.15, 0.2) is 0 Å².